The number of aliphatic hydroxyl groups is 1. The fraction of sp³-hybridized carbons (Fsp3) is 0.455. The lowest BCUT2D eigenvalue weighted by molar-refractivity contribution is -0.0270. The molecule has 0 amide bonds. The van der Waals surface area contributed by atoms with Gasteiger partial charge in [0, 0.05) is 6.54 Å². The van der Waals surface area contributed by atoms with Gasteiger partial charge in [-0.15, -0.1) is 0 Å². The number of nitrogens with one attached hydrogen (secondary N) is 1. The SMILES string of the molecule is O=S(=O)(NCC1(O)CCC1)c1ccccc1Cl. The summed E-state index contributed by atoms with van der Waals surface area (Å²) in [6.07, 6.45) is 2.21. The Bertz CT molecular complexity index is 511. The Balaban J connectivity index is 2.12. The van der Waals surface area contributed by atoms with Crippen LogP contribution in [-0.4, -0.2) is 25.7 Å². The molecule has 0 heterocycles. The molecule has 0 bridgehead atoms. The third kappa shape index (κ3) is 2.80. The minimum absolute atomic E-state index is 0.0422. The molecular formula is C11H14ClNO3S. The number of hydrogen-bond acceptors (Lipinski definition) is 3. The van der Waals surface area contributed by atoms with E-state index in [0.717, 1.165) is 6.42 Å². The number of sulfonamides is 1. The maximum atomic E-state index is 11.9. The normalized spacial score (nSPS) is 18.7. The van der Waals surface area contributed by atoms with Crippen LogP contribution >= 0.6 is 11.6 Å². The van der Waals surface area contributed by atoms with Gasteiger partial charge in [0.2, 0.25) is 10.0 Å². The molecule has 6 heteroatoms. The molecule has 1 saturated carbocycles. The van der Waals surface area contributed by atoms with Crippen molar-refractivity contribution in [3.63, 3.8) is 0 Å². The number of rotatable bonds is 4. The van der Waals surface area contributed by atoms with E-state index < -0.39 is 15.6 Å². The van der Waals surface area contributed by atoms with Crippen LogP contribution in [0.5, 0.6) is 0 Å². The van der Waals surface area contributed by atoms with E-state index in [-0.39, 0.29) is 16.5 Å². The summed E-state index contributed by atoms with van der Waals surface area (Å²) >= 11 is 5.82. The summed E-state index contributed by atoms with van der Waals surface area (Å²) in [6, 6.07) is 6.24. The van der Waals surface area contributed by atoms with Crippen molar-refractivity contribution in [3.05, 3.63) is 29.3 Å². The lowest BCUT2D eigenvalue weighted by Gasteiger charge is -2.36. The average Bonchev–Trinajstić information content (AvgIpc) is 2.24. The molecule has 94 valence electrons. The average molecular weight is 276 g/mol. The third-order valence-electron chi connectivity index (χ3n) is 3.00. The first kappa shape index (κ1) is 12.8. The molecular weight excluding hydrogens is 262 g/mol. The van der Waals surface area contributed by atoms with Crippen molar-refractivity contribution in [2.75, 3.05) is 6.54 Å². The molecule has 17 heavy (non-hydrogen) atoms. The smallest absolute Gasteiger partial charge is 0.242 e. The lowest BCUT2D eigenvalue weighted by atomic mass is 9.81. The minimum Gasteiger partial charge on any atom is -0.389 e. The molecule has 0 aliphatic heterocycles. The van der Waals surface area contributed by atoms with Crippen molar-refractivity contribution in [1.29, 1.82) is 0 Å². The van der Waals surface area contributed by atoms with Crippen molar-refractivity contribution in [2.24, 2.45) is 0 Å². The Morgan fingerprint density at radius 3 is 2.53 bits per heavy atom. The van der Waals surface area contributed by atoms with Crippen LogP contribution in [0.2, 0.25) is 5.02 Å². The van der Waals surface area contributed by atoms with E-state index in [1.165, 1.54) is 12.1 Å². The molecule has 0 radical (unpaired) electrons. The molecule has 0 aromatic heterocycles. The standard InChI is InChI=1S/C11H14ClNO3S/c12-9-4-1-2-5-10(9)17(15,16)13-8-11(14)6-3-7-11/h1-2,4-5,13-14H,3,6-8H2. The highest BCUT2D eigenvalue weighted by Crippen LogP contribution is 2.31. The quantitative estimate of drug-likeness (QED) is 0.876. The van der Waals surface area contributed by atoms with Crippen molar-refractivity contribution >= 4 is 21.6 Å². The number of benzene rings is 1. The Kier molecular flexibility index (Phi) is 3.45. The van der Waals surface area contributed by atoms with Crippen molar-refractivity contribution < 1.29 is 13.5 Å². The summed E-state index contributed by atoms with van der Waals surface area (Å²) < 4.78 is 26.3. The lowest BCUT2D eigenvalue weighted by Crippen LogP contribution is -2.47. The highest BCUT2D eigenvalue weighted by Gasteiger charge is 2.35. The summed E-state index contributed by atoms with van der Waals surface area (Å²) in [4.78, 5) is 0.0459. The van der Waals surface area contributed by atoms with E-state index in [1.807, 2.05) is 0 Å². The number of halogens is 1. The Morgan fingerprint density at radius 1 is 1.35 bits per heavy atom. The first-order valence-corrected chi connectivity index (χ1v) is 7.26. The van der Waals surface area contributed by atoms with E-state index in [0.29, 0.717) is 12.8 Å². The highest BCUT2D eigenvalue weighted by molar-refractivity contribution is 7.89. The van der Waals surface area contributed by atoms with Crippen LogP contribution in [-0.2, 0) is 10.0 Å². The first-order valence-electron chi connectivity index (χ1n) is 5.40. The zero-order chi connectivity index (χ0) is 12.5. The maximum Gasteiger partial charge on any atom is 0.242 e. The van der Waals surface area contributed by atoms with Gasteiger partial charge in [0.1, 0.15) is 4.90 Å². The van der Waals surface area contributed by atoms with Crippen LogP contribution in [0.15, 0.2) is 29.2 Å². The third-order valence-corrected chi connectivity index (χ3v) is 4.90. The predicted octanol–water partition coefficient (Wildman–Crippen LogP) is 1.53. The van der Waals surface area contributed by atoms with E-state index in [2.05, 4.69) is 4.72 Å². The van der Waals surface area contributed by atoms with E-state index >= 15 is 0 Å². The molecule has 0 atom stereocenters. The van der Waals surface area contributed by atoms with Crippen molar-refractivity contribution in [2.45, 2.75) is 29.8 Å². The Labute approximate surface area is 106 Å². The molecule has 1 fully saturated rings. The zero-order valence-electron chi connectivity index (χ0n) is 9.19. The fourth-order valence-corrected chi connectivity index (χ4v) is 3.37. The van der Waals surface area contributed by atoms with Gasteiger partial charge in [-0.3, -0.25) is 0 Å². The summed E-state index contributed by atoms with van der Waals surface area (Å²) in [5.41, 5.74) is -0.881. The summed E-state index contributed by atoms with van der Waals surface area (Å²) in [6.45, 7) is 0.0422. The minimum atomic E-state index is -3.64. The Morgan fingerprint density at radius 2 is 2.00 bits per heavy atom. The molecule has 2 N–H and O–H groups in total. The van der Waals surface area contributed by atoms with E-state index in [1.54, 1.807) is 12.1 Å². The van der Waals surface area contributed by atoms with Gasteiger partial charge >= 0.3 is 0 Å². The van der Waals surface area contributed by atoms with Gasteiger partial charge in [-0.2, -0.15) is 0 Å². The summed E-state index contributed by atoms with van der Waals surface area (Å²) in [5.74, 6) is 0. The van der Waals surface area contributed by atoms with Crippen molar-refractivity contribution in [1.82, 2.24) is 4.72 Å². The summed E-state index contributed by atoms with van der Waals surface area (Å²) in [5, 5.41) is 10.0. The fourth-order valence-electron chi connectivity index (χ4n) is 1.73. The maximum absolute atomic E-state index is 11.9. The molecule has 1 aromatic rings. The number of hydrogen-bond donors (Lipinski definition) is 2. The molecule has 1 aliphatic rings. The first-order chi connectivity index (χ1) is 7.93. The Hall–Kier alpha value is -0.620. The second kappa shape index (κ2) is 4.57. The van der Waals surface area contributed by atoms with Gasteiger partial charge < -0.3 is 5.11 Å². The van der Waals surface area contributed by atoms with Crippen LogP contribution in [0.4, 0.5) is 0 Å². The topological polar surface area (TPSA) is 66.4 Å². The molecule has 2 rings (SSSR count). The van der Waals surface area contributed by atoms with Gasteiger partial charge in [0.15, 0.2) is 0 Å². The van der Waals surface area contributed by atoms with Gasteiger partial charge in [-0.05, 0) is 31.4 Å². The van der Waals surface area contributed by atoms with Crippen LogP contribution in [0.1, 0.15) is 19.3 Å². The van der Waals surface area contributed by atoms with Crippen LogP contribution in [0.3, 0.4) is 0 Å². The van der Waals surface area contributed by atoms with Gasteiger partial charge in [-0.25, -0.2) is 13.1 Å². The van der Waals surface area contributed by atoms with Gasteiger partial charge in [0.05, 0.1) is 10.6 Å². The molecule has 0 spiro atoms. The monoisotopic (exact) mass is 275 g/mol. The van der Waals surface area contributed by atoms with Crippen LogP contribution in [0.25, 0.3) is 0 Å². The molecule has 0 unspecified atom stereocenters. The van der Waals surface area contributed by atoms with Crippen molar-refractivity contribution in [3.8, 4) is 0 Å². The van der Waals surface area contributed by atoms with Gasteiger partial charge in [-0.1, -0.05) is 23.7 Å². The summed E-state index contributed by atoms with van der Waals surface area (Å²) in [7, 11) is -3.64. The van der Waals surface area contributed by atoms with E-state index in [4.69, 9.17) is 11.6 Å². The predicted molar refractivity (Wildman–Crippen MR) is 65.4 cm³/mol. The van der Waals surface area contributed by atoms with Gasteiger partial charge in [0.25, 0.3) is 0 Å². The molecule has 1 aromatic carbocycles. The second-order valence-corrected chi connectivity index (χ2v) is 6.48. The second-order valence-electron chi connectivity index (χ2n) is 4.33. The molecule has 1 aliphatic carbocycles. The highest BCUT2D eigenvalue weighted by atomic mass is 35.5. The van der Waals surface area contributed by atoms with Crippen LogP contribution in [0, 0.1) is 0 Å². The largest absolute Gasteiger partial charge is 0.389 e. The zero-order valence-corrected chi connectivity index (χ0v) is 10.8. The molecule has 4 nitrogen and oxygen atoms in total. The molecule has 0 saturated heterocycles. The van der Waals surface area contributed by atoms with E-state index in [9.17, 15) is 13.5 Å². The van der Waals surface area contributed by atoms with Crippen LogP contribution < -0.4 is 4.72 Å².